The number of hydrogen-bond donors (Lipinski definition) is 1. The van der Waals surface area contributed by atoms with Crippen molar-refractivity contribution in [1.29, 1.82) is 0 Å². The molecule has 0 saturated heterocycles. The molecule has 2 amide bonds. The number of benzene rings is 3. The Hall–Kier alpha value is -2.76. The van der Waals surface area contributed by atoms with Gasteiger partial charge in [-0.25, -0.2) is 0 Å². The Labute approximate surface area is 224 Å². The first-order valence-corrected chi connectivity index (χ1v) is 13.9. The van der Waals surface area contributed by atoms with Gasteiger partial charge in [-0.15, -0.1) is 11.8 Å². The quantitative estimate of drug-likeness (QED) is 0.298. The molecule has 0 radical (unpaired) electrons. The number of aryl methyl sites for hydroxylation is 1. The van der Waals surface area contributed by atoms with Gasteiger partial charge < -0.3 is 10.2 Å². The lowest BCUT2D eigenvalue weighted by Gasteiger charge is -2.32. The third-order valence-electron chi connectivity index (χ3n) is 6.13. The third-order valence-corrected chi connectivity index (χ3v) is 7.35. The van der Waals surface area contributed by atoms with Crippen LogP contribution in [0, 0.1) is 6.92 Å². The summed E-state index contributed by atoms with van der Waals surface area (Å²) in [7, 11) is 0. The highest BCUT2D eigenvalue weighted by atomic mass is 35.5. The number of carbonyl (C=O) groups excluding carboxylic acids is 2. The van der Waals surface area contributed by atoms with Crippen LogP contribution in [-0.2, 0) is 28.3 Å². The van der Waals surface area contributed by atoms with E-state index in [2.05, 4.69) is 5.32 Å². The fourth-order valence-electron chi connectivity index (χ4n) is 3.85. The molecular weight excluding hydrogens is 488 g/mol. The Morgan fingerprint density at radius 2 is 1.64 bits per heavy atom. The predicted octanol–water partition coefficient (Wildman–Crippen LogP) is 6.44. The maximum Gasteiger partial charge on any atom is 0.243 e. The zero-order valence-electron chi connectivity index (χ0n) is 21.2. The van der Waals surface area contributed by atoms with E-state index in [9.17, 15) is 9.59 Å². The maximum atomic E-state index is 13.7. The minimum Gasteiger partial charge on any atom is -0.352 e. The van der Waals surface area contributed by atoms with Crippen LogP contribution < -0.4 is 5.32 Å². The molecule has 2 atom stereocenters. The second-order valence-corrected chi connectivity index (χ2v) is 10.6. The maximum absolute atomic E-state index is 13.7. The van der Waals surface area contributed by atoms with Gasteiger partial charge in [0.1, 0.15) is 6.04 Å². The van der Waals surface area contributed by atoms with Crippen molar-refractivity contribution < 1.29 is 9.59 Å². The first-order chi connectivity index (χ1) is 17.4. The summed E-state index contributed by atoms with van der Waals surface area (Å²) in [4.78, 5) is 28.9. The predicted molar refractivity (Wildman–Crippen MR) is 151 cm³/mol. The molecule has 4 nitrogen and oxygen atoms in total. The summed E-state index contributed by atoms with van der Waals surface area (Å²) in [6, 6.07) is 25.1. The topological polar surface area (TPSA) is 49.4 Å². The highest BCUT2D eigenvalue weighted by Crippen LogP contribution is 2.20. The summed E-state index contributed by atoms with van der Waals surface area (Å²) < 4.78 is 0. The second kappa shape index (κ2) is 14.1. The molecule has 3 aromatic carbocycles. The molecule has 0 unspecified atom stereocenters. The molecule has 0 aliphatic rings. The van der Waals surface area contributed by atoms with Crippen LogP contribution in [0.3, 0.4) is 0 Å². The van der Waals surface area contributed by atoms with Gasteiger partial charge in [-0.05, 0) is 49.1 Å². The fraction of sp³-hybridized carbons (Fsp3) is 0.333. The first kappa shape index (κ1) is 27.8. The lowest BCUT2D eigenvalue weighted by atomic mass is 10.0. The van der Waals surface area contributed by atoms with Gasteiger partial charge in [0.15, 0.2) is 0 Å². The van der Waals surface area contributed by atoms with E-state index in [-0.39, 0.29) is 23.6 Å². The zero-order valence-corrected chi connectivity index (χ0v) is 22.8. The molecule has 3 rings (SSSR count). The van der Waals surface area contributed by atoms with Crippen LogP contribution in [0.4, 0.5) is 0 Å². The molecule has 0 aliphatic heterocycles. The van der Waals surface area contributed by atoms with Gasteiger partial charge in [-0.2, -0.15) is 0 Å². The molecular formula is C30H35ClN2O2S. The molecule has 6 heteroatoms. The molecule has 0 aliphatic carbocycles. The Morgan fingerprint density at radius 1 is 0.944 bits per heavy atom. The minimum atomic E-state index is -0.609. The van der Waals surface area contributed by atoms with Crippen LogP contribution in [-0.4, -0.2) is 34.6 Å². The fourth-order valence-corrected chi connectivity index (χ4v) is 4.92. The van der Waals surface area contributed by atoms with Gasteiger partial charge in [0, 0.05) is 29.8 Å². The van der Waals surface area contributed by atoms with Gasteiger partial charge in [0.05, 0.1) is 5.75 Å². The monoisotopic (exact) mass is 522 g/mol. The average Bonchev–Trinajstić information content (AvgIpc) is 2.87. The standard InChI is InChI=1S/C30H35ClN2O2S/c1-4-23(3)32-30(35)28(18-24-9-6-5-7-10-24)33(19-25-15-13-22(2)14-16-25)29(34)21-36-20-26-11-8-12-27(31)17-26/h5-17,23,28H,4,18-21H2,1-3H3,(H,32,35)/t23-,28-/m0/s1. The largest absolute Gasteiger partial charge is 0.352 e. The van der Waals surface area contributed by atoms with Crippen molar-refractivity contribution >= 4 is 35.2 Å². The second-order valence-electron chi connectivity index (χ2n) is 9.15. The summed E-state index contributed by atoms with van der Waals surface area (Å²) in [5.74, 6) is 0.782. The molecule has 36 heavy (non-hydrogen) atoms. The molecule has 0 saturated carbocycles. The number of halogens is 1. The van der Waals surface area contributed by atoms with Gasteiger partial charge >= 0.3 is 0 Å². The van der Waals surface area contributed by atoms with E-state index in [0.717, 1.165) is 28.7 Å². The molecule has 190 valence electrons. The summed E-state index contributed by atoms with van der Waals surface area (Å²) >= 11 is 7.65. The average molecular weight is 523 g/mol. The number of nitrogens with one attached hydrogen (secondary N) is 1. The Balaban J connectivity index is 1.85. The molecule has 0 fully saturated rings. The first-order valence-electron chi connectivity index (χ1n) is 12.4. The van der Waals surface area contributed by atoms with Crippen LogP contribution in [0.5, 0.6) is 0 Å². The van der Waals surface area contributed by atoms with Gasteiger partial charge in [0.2, 0.25) is 11.8 Å². The van der Waals surface area contributed by atoms with Crippen molar-refractivity contribution in [2.45, 2.75) is 58.0 Å². The Morgan fingerprint density at radius 3 is 2.31 bits per heavy atom. The van der Waals surface area contributed by atoms with E-state index in [1.165, 1.54) is 11.8 Å². The highest BCUT2D eigenvalue weighted by Gasteiger charge is 2.30. The number of amides is 2. The molecule has 0 heterocycles. The number of rotatable bonds is 12. The van der Waals surface area contributed by atoms with Crippen LogP contribution in [0.15, 0.2) is 78.9 Å². The summed E-state index contributed by atoms with van der Waals surface area (Å²) in [5, 5.41) is 3.80. The van der Waals surface area contributed by atoms with Crippen molar-refractivity contribution in [3.05, 3.63) is 106 Å². The van der Waals surface area contributed by atoms with Crippen LogP contribution >= 0.6 is 23.4 Å². The third kappa shape index (κ3) is 8.72. The molecule has 0 aromatic heterocycles. The summed E-state index contributed by atoms with van der Waals surface area (Å²) in [6.45, 7) is 6.45. The highest BCUT2D eigenvalue weighted by molar-refractivity contribution is 7.99. The van der Waals surface area contributed by atoms with Crippen molar-refractivity contribution in [3.8, 4) is 0 Å². The van der Waals surface area contributed by atoms with E-state index >= 15 is 0 Å². The zero-order chi connectivity index (χ0) is 25.9. The lowest BCUT2D eigenvalue weighted by Crippen LogP contribution is -2.52. The normalized spacial score (nSPS) is 12.6. The van der Waals surface area contributed by atoms with Crippen LogP contribution in [0.1, 0.15) is 42.5 Å². The number of nitrogens with zero attached hydrogens (tertiary/aromatic N) is 1. The molecule has 3 aromatic rings. The van der Waals surface area contributed by atoms with Crippen molar-refractivity contribution in [2.24, 2.45) is 0 Å². The van der Waals surface area contributed by atoms with E-state index in [1.54, 1.807) is 4.90 Å². The SMILES string of the molecule is CC[C@H](C)NC(=O)[C@H](Cc1ccccc1)N(Cc1ccc(C)cc1)C(=O)CSCc1cccc(Cl)c1. The van der Waals surface area contributed by atoms with E-state index in [0.29, 0.717) is 23.7 Å². The van der Waals surface area contributed by atoms with Gasteiger partial charge in [-0.3, -0.25) is 9.59 Å². The number of hydrogen-bond acceptors (Lipinski definition) is 3. The molecule has 0 bridgehead atoms. The van der Waals surface area contributed by atoms with Crippen molar-refractivity contribution in [1.82, 2.24) is 10.2 Å². The molecule has 0 spiro atoms. The molecule has 1 N–H and O–H groups in total. The Bertz CT molecular complexity index is 1120. The summed E-state index contributed by atoms with van der Waals surface area (Å²) in [5.41, 5.74) is 4.25. The minimum absolute atomic E-state index is 0.0318. The number of thioether (sulfide) groups is 1. The smallest absolute Gasteiger partial charge is 0.243 e. The van der Waals surface area contributed by atoms with Gasteiger partial charge in [-0.1, -0.05) is 90.8 Å². The van der Waals surface area contributed by atoms with Crippen LogP contribution in [0.2, 0.25) is 5.02 Å². The van der Waals surface area contributed by atoms with E-state index < -0.39 is 6.04 Å². The summed E-state index contributed by atoms with van der Waals surface area (Å²) in [6.07, 6.45) is 1.28. The van der Waals surface area contributed by atoms with Crippen molar-refractivity contribution in [2.75, 3.05) is 5.75 Å². The van der Waals surface area contributed by atoms with Crippen LogP contribution in [0.25, 0.3) is 0 Å². The van der Waals surface area contributed by atoms with Crippen molar-refractivity contribution in [3.63, 3.8) is 0 Å². The number of carbonyl (C=O) groups is 2. The Kier molecular flexibility index (Phi) is 10.9. The lowest BCUT2D eigenvalue weighted by molar-refractivity contribution is -0.139. The van der Waals surface area contributed by atoms with Gasteiger partial charge in [0.25, 0.3) is 0 Å². The van der Waals surface area contributed by atoms with E-state index in [1.807, 2.05) is 99.6 Å². The van der Waals surface area contributed by atoms with E-state index in [4.69, 9.17) is 11.6 Å².